The lowest BCUT2D eigenvalue weighted by Crippen LogP contribution is -2.63. The average molecular weight is 1720 g/mol. The second-order valence-electron chi connectivity index (χ2n) is 35.5. The van der Waals surface area contributed by atoms with Crippen LogP contribution in [0.15, 0.2) is 24.6 Å². The number of hydrogen-bond acceptors (Lipinski definition) is 16. The molecule has 0 heterocycles. The Bertz CT molecular complexity index is 1950. The van der Waals surface area contributed by atoms with Crippen molar-refractivity contribution in [3.8, 4) is 0 Å². The van der Waals surface area contributed by atoms with Crippen molar-refractivity contribution in [3.63, 3.8) is 0 Å². The summed E-state index contributed by atoms with van der Waals surface area (Å²) in [5.74, 6) is 0. The summed E-state index contributed by atoms with van der Waals surface area (Å²) in [4.78, 5) is 0. The highest BCUT2D eigenvalue weighted by Crippen LogP contribution is 2.38. The fraction of sp³-hybridized carbons (Fsp3) is 0.925. The molecular weight excluding hydrogens is 1570 g/mol. The standard InChI is InChI=1S/C29H82O8Si12.C24H72O8Si12/c1-23-48(35-45(17,18)26-24-38-30-40(2,3)4,36-46(19,20)27-25-39-31-41(5,6)7)37-47(21,22)28-29-49(32-42(8,9)10,33-43(11,12)13)34-44(14,15)16;1-18-43(30-40(12,13)21-19-33-25-35(2)3,31-41(14,15)22-20-34-26-36(4)5)32-42(16,17)23-24-44(27-37(6)7,28-38(8)9)29-39(10)11/h23H,1,24-29,38-39H2,2-22H3;18,35-39H,1,19-24,33-34H2,2-17H3. The van der Waals surface area contributed by atoms with Gasteiger partial charge in [0, 0.05) is 12.1 Å². The first-order valence-electron chi connectivity index (χ1n) is 35.5. The van der Waals surface area contributed by atoms with Crippen molar-refractivity contribution in [1.29, 1.82) is 0 Å². The van der Waals surface area contributed by atoms with Gasteiger partial charge in [-0.1, -0.05) is 0 Å². The van der Waals surface area contributed by atoms with Crippen LogP contribution in [-0.4, -0.2) is 211 Å². The molecule has 16 nitrogen and oxygen atoms in total. The van der Waals surface area contributed by atoms with Crippen LogP contribution >= 0.6 is 0 Å². The summed E-state index contributed by atoms with van der Waals surface area (Å²) in [6, 6.07) is 12.1. The number of hydrogen-bond donors (Lipinski definition) is 0. The summed E-state index contributed by atoms with van der Waals surface area (Å²) < 4.78 is 110. The van der Waals surface area contributed by atoms with E-state index in [-0.39, 0.29) is 0 Å². The predicted molar refractivity (Wildman–Crippen MR) is 469 cm³/mol. The zero-order valence-corrected chi connectivity index (χ0v) is 94.2. The minimum atomic E-state index is -3.27. The molecule has 0 amide bonds. The second kappa shape index (κ2) is 42.4. The molecule has 0 aliphatic rings. The molecule has 0 spiro atoms. The molecule has 0 N–H and O–H groups in total. The Morgan fingerprint density at radius 3 is 0.667 bits per heavy atom. The maximum Gasteiger partial charge on any atom is 0.497 e. The molecule has 0 radical (unpaired) electrons. The molecule has 0 saturated heterocycles. The molecule has 0 aromatic heterocycles. The molecule has 0 atom stereocenters. The molecule has 0 bridgehead atoms. The minimum Gasteiger partial charge on any atom is -0.463 e. The van der Waals surface area contributed by atoms with E-state index < -0.39 is 211 Å². The van der Waals surface area contributed by atoms with Gasteiger partial charge in [-0.15, -0.1) is 13.2 Å². The summed E-state index contributed by atoms with van der Waals surface area (Å²) in [5, 5.41) is 0. The normalized spacial score (nSPS) is 16.3. The predicted octanol–water partition coefficient (Wildman–Crippen LogP) is 14.8. The monoisotopic (exact) mass is 1720 g/mol. The Morgan fingerprint density at radius 2 is 0.473 bits per heavy atom. The van der Waals surface area contributed by atoms with Gasteiger partial charge in [0.05, 0.1) is 0 Å². The van der Waals surface area contributed by atoms with Gasteiger partial charge < -0.3 is 65.8 Å². The first kappa shape index (κ1) is 99.1. The number of rotatable bonds is 52. The highest BCUT2D eigenvalue weighted by molar-refractivity contribution is 6.96. The van der Waals surface area contributed by atoms with Crippen molar-refractivity contribution in [3.05, 3.63) is 24.6 Å². The maximum atomic E-state index is 7.40. The van der Waals surface area contributed by atoms with Crippen LogP contribution < -0.4 is 0 Å². The fourth-order valence-electron chi connectivity index (χ4n) is 10.2. The van der Waals surface area contributed by atoms with Crippen LogP contribution in [0.1, 0.15) is 0 Å². The first-order chi connectivity index (χ1) is 41.4. The van der Waals surface area contributed by atoms with Crippen molar-refractivity contribution in [2.45, 2.75) is 315 Å². The SMILES string of the molecule is C=C[Si](O[Si](C)(C)CC[SiH2]O[SiH](C)C)(O[Si](C)(C)CC[SiH2]O[SiH](C)C)O[Si](C)(C)CC[Si](O[SiH](C)C)(O[SiH](C)C)O[SiH](C)C.C=C[Si](O[Si](C)(C)CC[SiH2]O[Si](C)(C)C)(O[Si](C)(C)CC[SiH2]O[Si](C)(C)C)O[Si](C)(C)CC[Si](O[Si](C)(C)C)(O[Si](C)(C)C)O[Si](C)(C)C. The Kier molecular flexibility index (Phi) is 45.2. The van der Waals surface area contributed by atoms with E-state index in [2.05, 4.69) is 255 Å². The lowest BCUT2D eigenvalue weighted by Gasteiger charge is -2.45. The third kappa shape index (κ3) is 52.6. The van der Waals surface area contributed by atoms with E-state index in [9.17, 15) is 0 Å². The van der Waals surface area contributed by atoms with E-state index in [4.69, 9.17) is 65.8 Å². The van der Waals surface area contributed by atoms with Gasteiger partial charge >= 0.3 is 35.2 Å². The van der Waals surface area contributed by atoms with E-state index in [0.29, 0.717) is 0 Å². The van der Waals surface area contributed by atoms with Crippen molar-refractivity contribution in [1.82, 2.24) is 0 Å². The third-order valence-corrected chi connectivity index (χ3v) is 88.6. The minimum absolute atomic E-state index is 0.508. The van der Waals surface area contributed by atoms with Gasteiger partial charge in [0.1, 0.15) is 39.1 Å². The molecule has 0 saturated carbocycles. The van der Waals surface area contributed by atoms with Crippen molar-refractivity contribution >= 4 is 211 Å². The molecule has 0 aliphatic heterocycles. The quantitative estimate of drug-likeness (QED) is 0.0420. The zero-order chi connectivity index (χ0) is 73.4. The van der Waals surface area contributed by atoms with Crippen molar-refractivity contribution in [2.75, 3.05) is 0 Å². The molecule has 0 fully saturated rings. The van der Waals surface area contributed by atoms with Crippen LogP contribution in [-0.2, 0) is 65.8 Å². The summed E-state index contributed by atoms with van der Waals surface area (Å²) in [7, 11) is -42.8. The Labute approximate surface area is 610 Å². The molecule has 0 rings (SSSR count). The lowest BCUT2D eigenvalue weighted by atomic mass is 10.9. The second-order valence-corrected chi connectivity index (χ2v) is 118. The summed E-state index contributed by atoms with van der Waals surface area (Å²) in [6.07, 6.45) is 0. The maximum absolute atomic E-state index is 7.40. The fourth-order valence-corrected chi connectivity index (χ4v) is 97.0. The molecule has 40 heteroatoms. The van der Waals surface area contributed by atoms with Crippen molar-refractivity contribution < 1.29 is 65.8 Å². The molecular formula is C53H154O16Si24. The molecule has 93 heavy (non-hydrogen) atoms. The highest BCUT2D eigenvalue weighted by Gasteiger charge is 2.56. The van der Waals surface area contributed by atoms with Crippen LogP contribution in [0.4, 0.5) is 0 Å². The zero-order valence-electron chi connectivity index (χ0n) is 67.8. The van der Waals surface area contributed by atoms with Crippen LogP contribution in [0.5, 0.6) is 0 Å². The summed E-state index contributed by atoms with van der Waals surface area (Å²) >= 11 is 0. The Hall–Kier alpha value is 4.05. The summed E-state index contributed by atoms with van der Waals surface area (Å²) in [6.45, 7) is 92.9. The van der Waals surface area contributed by atoms with Gasteiger partial charge in [-0.3, -0.25) is 0 Å². The smallest absolute Gasteiger partial charge is 0.463 e. The van der Waals surface area contributed by atoms with Crippen LogP contribution in [0.3, 0.4) is 0 Å². The van der Waals surface area contributed by atoms with E-state index in [1.165, 1.54) is 0 Å². The van der Waals surface area contributed by atoms with E-state index in [0.717, 1.165) is 72.5 Å². The van der Waals surface area contributed by atoms with Gasteiger partial charge in [-0.2, -0.15) is 0 Å². The topological polar surface area (TPSA) is 148 Å². The van der Waals surface area contributed by atoms with E-state index >= 15 is 0 Å². The Morgan fingerprint density at radius 1 is 0.258 bits per heavy atom. The van der Waals surface area contributed by atoms with Gasteiger partial charge in [-0.25, -0.2) is 0 Å². The molecule has 0 unspecified atom stereocenters. The average Bonchev–Trinajstić information content (AvgIpc) is 0.807. The van der Waals surface area contributed by atoms with Gasteiger partial charge in [0.2, 0.25) is 0 Å². The van der Waals surface area contributed by atoms with Gasteiger partial charge in [0.15, 0.2) is 137 Å². The first-order valence-corrected chi connectivity index (χ1v) is 98.9. The third-order valence-electron chi connectivity index (χ3n) is 13.4. The van der Waals surface area contributed by atoms with Gasteiger partial charge in [0.25, 0.3) is 0 Å². The summed E-state index contributed by atoms with van der Waals surface area (Å²) in [5.41, 5.74) is 3.91. The van der Waals surface area contributed by atoms with Crippen molar-refractivity contribution in [2.24, 2.45) is 0 Å². The molecule has 0 aliphatic carbocycles. The van der Waals surface area contributed by atoms with Crippen LogP contribution in [0.2, 0.25) is 315 Å². The van der Waals surface area contributed by atoms with Crippen LogP contribution in [0, 0.1) is 0 Å². The Balaban J connectivity index is 0. The molecule has 558 valence electrons. The van der Waals surface area contributed by atoms with Gasteiger partial charge in [-0.05, 0) is 314 Å². The van der Waals surface area contributed by atoms with E-state index in [1.807, 2.05) is 11.4 Å². The highest BCUT2D eigenvalue weighted by atomic mass is 28.5. The van der Waals surface area contributed by atoms with Crippen LogP contribution in [0.25, 0.3) is 0 Å². The molecule has 0 aromatic carbocycles. The molecule has 0 aromatic rings. The van der Waals surface area contributed by atoms with E-state index in [1.54, 1.807) is 0 Å². The largest absolute Gasteiger partial charge is 0.497 e. The lowest BCUT2D eigenvalue weighted by molar-refractivity contribution is 0.248.